The summed E-state index contributed by atoms with van der Waals surface area (Å²) in [7, 11) is 0. The van der Waals surface area contributed by atoms with Crippen LogP contribution in [-0.4, -0.2) is 19.2 Å². The van der Waals surface area contributed by atoms with Gasteiger partial charge in [0.05, 0.1) is 6.07 Å². The molecule has 1 aromatic rings. The molecule has 0 spiro atoms. The minimum absolute atomic E-state index is 0.240. The van der Waals surface area contributed by atoms with Crippen LogP contribution in [0.15, 0.2) is 18.2 Å². The van der Waals surface area contributed by atoms with Crippen molar-refractivity contribution >= 4 is 0 Å². The number of nitrogens with one attached hydrogen (secondary N) is 1. The lowest BCUT2D eigenvalue weighted by Gasteiger charge is -2.13. The topological polar surface area (TPSA) is 45.0 Å². The standard InChI is InChI=1S/C14H20N2O/c1-4-5-16-13(9-15)10-17-14-7-11(2)6-12(3)8-14/h6-8,13,16H,4-5,10H2,1-3H3. The molecule has 0 aliphatic rings. The molecule has 0 radical (unpaired) electrons. The summed E-state index contributed by atoms with van der Waals surface area (Å²) >= 11 is 0. The average molecular weight is 232 g/mol. The fraction of sp³-hybridized carbons (Fsp3) is 0.500. The van der Waals surface area contributed by atoms with Gasteiger partial charge in [-0.25, -0.2) is 0 Å². The number of hydrogen-bond donors (Lipinski definition) is 1. The average Bonchev–Trinajstić information content (AvgIpc) is 2.28. The minimum Gasteiger partial charge on any atom is -0.491 e. The van der Waals surface area contributed by atoms with Crippen molar-refractivity contribution in [3.8, 4) is 11.8 Å². The minimum atomic E-state index is -0.240. The second-order valence-electron chi connectivity index (χ2n) is 4.27. The van der Waals surface area contributed by atoms with Gasteiger partial charge in [-0.1, -0.05) is 13.0 Å². The van der Waals surface area contributed by atoms with E-state index >= 15 is 0 Å². The van der Waals surface area contributed by atoms with Crippen LogP contribution in [0, 0.1) is 25.2 Å². The predicted octanol–water partition coefficient (Wildman–Crippen LogP) is 2.57. The third-order valence-electron chi connectivity index (χ3n) is 2.41. The van der Waals surface area contributed by atoms with Crippen LogP contribution in [0.5, 0.6) is 5.75 Å². The molecule has 17 heavy (non-hydrogen) atoms. The summed E-state index contributed by atoms with van der Waals surface area (Å²) < 4.78 is 5.63. The van der Waals surface area contributed by atoms with E-state index < -0.39 is 0 Å². The Morgan fingerprint density at radius 3 is 2.47 bits per heavy atom. The Hall–Kier alpha value is -1.53. The third-order valence-corrected chi connectivity index (χ3v) is 2.41. The van der Waals surface area contributed by atoms with Gasteiger partial charge >= 0.3 is 0 Å². The van der Waals surface area contributed by atoms with Crippen LogP contribution in [0.1, 0.15) is 24.5 Å². The monoisotopic (exact) mass is 232 g/mol. The highest BCUT2D eigenvalue weighted by Gasteiger charge is 2.07. The molecule has 0 amide bonds. The van der Waals surface area contributed by atoms with Crippen LogP contribution in [-0.2, 0) is 0 Å². The van der Waals surface area contributed by atoms with E-state index in [0.717, 1.165) is 18.7 Å². The van der Waals surface area contributed by atoms with Gasteiger partial charge in [0.2, 0.25) is 0 Å². The summed E-state index contributed by atoms with van der Waals surface area (Å²) in [6.07, 6.45) is 1.02. The molecule has 1 N–H and O–H groups in total. The summed E-state index contributed by atoms with van der Waals surface area (Å²) in [6, 6.07) is 8.04. The normalized spacial score (nSPS) is 11.9. The van der Waals surface area contributed by atoms with Crippen molar-refractivity contribution in [1.29, 1.82) is 5.26 Å². The molecule has 0 aromatic heterocycles. The number of nitriles is 1. The molecule has 0 saturated carbocycles. The van der Waals surface area contributed by atoms with E-state index in [2.05, 4.69) is 24.4 Å². The lowest BCUT2D eigenvalue weighted by Crippen LogP contribution is -2.33. The third kappa shape index (κ3) is 4.88. The molecule has 0 fully saturated rings. The second kappa shape index (κ2) is 6.93. The summed E-state index contributed by atoms with van der Waals surface area (Å²) in [5.74, 6) is 0.834. The Morgan fingerprint density at radius 2 is 1.94 bits per heavy atom. The van der Waals surface area contributed by atoms with E-state index in [9.17, 15) is 0 Å². The van der Waals surface area contributed by atoms with Gasteiger partial charge in [0.1, 0.15) is 18.4 Å². The van der Waals surface area contributed by atoms with Crippen LogP contribution < -0.4 is 10.1 Å². The maximum atomic E-state index is 8.95. The van der Waals surface area contributed by atoms with Gasteiger partial charge < -0.3 is 4.74 Å². The number of rotatable bonds is 6. The zero-order valence-corrected chi connectivity index (χ0v) is 10.8. The van der Waals surface area contributed by atoms with Crippen LogP contribution >= 0.6 is 0 Å². The molecule has 1 atom stereocenters. The smallest absolute Gasteiger partial charge is 0.130 e. The van der Waals surface area contributed by atoms with Crippen molar-refractivity contribution in [2.75, 3.05) is 13.2 Å². The SMILES string of the molecule is CCCNC(C#N)COc1cc(C)cc(C)c1. The molecule has 0 bridgehead atoms. The van der Waals surface area contributed by atoms with Crippen molar-refractivity contribution < 1.29 is 4.74 Å². The first-order chi connectivity index (χ1) is 8.15. The number of benzene rings is 1. The molecule has 0 saturated heterocycles. The molecule has 1 rings (SSSR count). The second-order valence-corrected chi connectivity index (χ2v) is 4.27. The van der Waals surface area contributed by atoms with E-state index in [1.54, 1.807) is 0 Å². The maximum absolute atomic E-state index is 8.95. The van der Waals surface area contributed by atoms with Crippen molar-refractivity contribution in [3.05, 3.63) is 29.3 Å². The molecule has 0 heterocycles. The Labute approximate surface area is 103 Å². The quantitative estimate of drug-likeness (QED) is 0.820. The van der Waals surface area contributed by atoms with Crippen molar-refractivity contribution in [2.24, 2.45) is 0 Å². The first-order valence-electron chi connectivity index (χ1n) is 5.99. The first kappa shape index (κ1) is 13.5. The van der Waals surface area contributed by atoms with E-state index in [4.69, 9.17) is 10.00 Å². The molecule has 0 aliphatic heterocycles. The molecule has 1 aromatic carbocycles. The molecule has 3 heteroatoms. The Balaban J connectivity index is 2.51. The van der Waals surface area contributed by atoms with E-state index in [1.165, 1.54) is 11.1 Å². The summed E-state index contributed by atoms with van der Waals surface area (Å²) in [6.45, 7) is 7.38. The van der Waals surface area contributed by atoms with Gasteiger partial charge in [-0.3, -0.25) is 5.32 Å². The maximum Gasteiger partial charge on any atom is 0.130 e. The van der Waals surface area contributed by atoms with E-state index in [0.29, 0.717) is 6.61 Å². The van der Waals surface area contributed by atoms with Gasteiger partial charge in [0, 0.05) is 0 Å². The number of hydrogen-bond acceptors (Lipinski definition) is 3. The van der Waals surface area contributed by atoms with Gasteiger partial charge in [0.25, 0.3) is 0 Å². The zero-order valence-electron chi connectivity index (χ0n) is 10.8. The first-order valence-corrected chi connectivity index (χ1v) is 5.99. The van der Waals surface area contributed by atoms with E-state index in [-0.39, 0.29) is 6.04 Å². The largest absolute Gasteiger partial charge is 0.491 e. The molecular formula is C14H20N2O. The molecular weight excluding hydrogens is 212 g/mol. The molecule has 1 unspecified atom stereocenters. The number of aryl methyl sites for hydroxylation is 2. The number of ether oxygens (including phenoxy) is 1. The number of nitrogens with zero attached hydrogens (tertiary/aromatic N) is 1. The molecule has 92 valence electrons. The van der Waals surface area contributed by atoms with Gasteiger partial charge in [0.15, 0.2) is 0 Å². The van der Waals surface area contributed by atoms with Gasteiger partial charge in [-0.15, -0.1) is 0 Å². The Bertz CT molecular complexity index is 375. The predicted molar refractivity (Wildman–Crippen MR) is 69.1 cm³/mol. The van der Waals surface area contributed by atoms with Crippen LogP contribution in [0.2, 0.25) is 0 Å². The summed E-state index contributed by atoms with van der Waals surface area (Å²) in [5, 5.41) is 12.1. The van der Waals surface area contributed by atoms with Crippen molar-refractivity contribution in [2.45, 2.75) is 33.2 Å². The Kier molecular flexibility index (Phi) is 5.51. The van der Waals surface area contributed by atoms with Crippen molar-refractivity contribution in [1.82, 2.24) is 5.32 Å². The fourth-order valence-corrected chi connectivity index (χ4v) is 1.66. The van der Waals surface area contributed by atoms with Crippen LogP contribution in [0.4, 0.5) is 0 Å². The zero-order chi connectivity index (χ0) is 12.7. The summed E-state index contributed by atoms with van der Waals surface area (Å²) in [4.78, 5) is 0. The highest BCUT2D eigenvalue weighted by atomic mass is 16.5. The highest BCUT2D eigenvalue weighted by molar-refractivity contribution is 5.33. The Morgan fingerprint density at radius 1 is 1.29 bits per heavy atom. The van der Waals surface area contributed by atoms with Gasteiger partial charge in [-0.2, -0.15) is 5.26 Å². The lowest BCUT2D eigenvalue weighted by molar-refractivity contribution is 0.289. The van der Waals surface area contributed by atoms with E-state index in [1.807, 2.05) is 26.0 Å². The highest BCUT2D eigenvalue weighted by Crippen LogP contribution is 2.16. The lowest BCUT2D eigenvalue weighted by atomic mass is 10.1. The molecule has 3 nitrogen and oxygen atoms in total. The van der Waals surface area contributed by atoms with Crippen molar-refractivity contribution in [3.63, 3.8) is 0 Å². The van der Waals surface area contributed by atoms with Crippen LogP contribution in [0.3, 0.4) is 0 Å². The van der Waals surface area contributed by atoms with Crippen LogP contribution in [0.25, 0.3) is 0 Å². The summed E-state index contributed by atoms with van der Waals surface area (Å²) in [5.41, 5.74) is 2.35. The fourth-order valence-electron chi connectivity index (χ4n) is 1.66. The van der Waals surface area contributed by atoms with Gasteiger partial charge in [-0.05, 0) is 50.1 Å². The molecule has 0 aliphatic carbocycles.